The Morgan fingerprint density at radius 1 is 1.64 bits per heavy atom. The number of hydrogen-bond acceptors (Lipinski definition) is 4. The quantitative estimate of drug-likeness (QED) is 0.629. The van der Waals surface area contributed by atoms with Crippen LogP contribution >= 0.6 is 0 Å². The highest BCUT2D eigenvalue weighted by molar-refractivity contribution is 7.89. The zero-order chi connectivity index (χ0) is 10.8. The van der Waals surface area contributed by atoms with Gasteiger partial charge in [-0.2, -0.15) is 5.10 Å². The highest BCUT2D eigenvalue weighted by Crippen LogP contribution is 2.09. The van der Waals surface area contributed by atoms with E-state index >= 15 is 0 Å². The van der Waals surface area contributed by atoms with Crippen molar-refractivity contribution in [2.75, 3.05) is 6.54 Å². The molecule has 4 N–H and O–H groups in total. The lowest BCUT2D eigenvalue weighted by atomic mass is 10.1. The van der Waals surface area contributed by atoms with E-state index in [1.54, 1.807) is 13.8 Å². The van der Waals surface area contributed by atoms with Gasteiger partial charge in [0.1, 0.15) is 4.90 Å². The second-order valence-corrected chi connectivity index (χ2v) is 5.31. The highest BCUT2D eigenvalue weighted by atomic mass is 32.2. The molecule has 1 rings (SSSR count). The van der Waals surface area contributed by atoms with E-state index < -0.39 is 15.6 Å². The Hall–Kier alpha value is -0.920. The maximum atomic E-state index is 11.6. The van der Waals surface area contributed by atoms with Gasteiger partial charge in [0.15, 0.2) is 0 Å². The first-order valence-electron chi connectivity index (χ1n) is 4.10. The SMILES string of the molecule is CC(C)(CN)NS(=O)(=O)c1cn[nH]c1. The Bertz CT molecular complexity index is 382. The zero-order valence-electron chi connectivity index (χ0n) is 8.11. The summed E-state index contributed by atoms with van der Waals surface area (Å²) in [7, 11) is -3.51. The van der Waals surface area contributed by atoms with Crippen LogP contribution in [0.4, 0.5) is 0 Å². The Morgan fingerprint density at radius 2 is 2.29 bits per heavy atom. The predicted octanol–water partition coefficient (Wildman–Crippen LogP) is -0.575. The summed E-state index contributed by atoms with van der Waals surface area (Å²) < 4.78 is 25.8. The first-order valence-corrected chi connectivity index (χ1v) is 5.58. The van der Waals surface area contributed by atoms with E-state index in [2.05, 4.69) is 14.9 Å². The predicted molar refractivity (Wildman–Crippen MR) is 52.0 cm³/mol. The molecule has 6 nitrogen and oxygen atoms in total. The van der Waals surface area contributed by atoms with Crippen molar-refractivity contribution in [2.24, 2.45) is 5.73 Å². The third kappa shape index (κ3) is 2.53. The summed E-state index contributed by atoms with van der Waals surface area (Å²) >= 11 is 0. The molecule has 0 saturated carbocycles. The van der Waals surface area contributed by atoms with Gasteiger partial charge in [0.25, 0.3) is 0 Å². The van der Waals surface area contributed by atoms with Crippen molar-refractivity contribution in [2.45, 2.75) is 24.3 Å². The van der Waals surface area contributed by atoms with E-state index in [9.17, 15) is 8.42 Å². The van der Waals surface area contributed by atoms with E-state index in [1.807, 2.05) is 0 Å². The van der Waals surface area contributed by atoms with Crippen LogP contribution in [-0.4, -0.2) is 30.7 Å². The second-order valence-electron chi connectivity index (χ2n) is 3.63. The third-order valence-corrected chi connectivity index (χ3v) is 3.37. The number of aromatic amines is 1. The number of nitrogens with zero attached hydrogens (tertiary/aromatic N) is 1. The number of hydrogen-bond donors (Lipinski definition) is 3. The van der Waals surface area contributed by atoms with Crippen molar-refractivity contribution in [3.63, 3.8) is 0 Å². The Balaban J connectivity index is 2.89. The van der Waals surface area contributed by atoms with Crippen LogP contribution in [0.1, 0.15) is 13.8 Å². The smallest absolute Gasteiger partial charge is 0.244 e. The van der Waals surface area contributed by atoms with Crippen molar-refractivity contribution < 1.29 is 8.42 Å². The summed E-state index contributed by atoms with van der Waals surface area (Å²) in [5, 5.41) is 6.01. The van der Waals surface area contributed by atoms with Crippen LogP contribution in [0.5, 0.6) is 0 Å². The van der Waals surface area contributed by atoms with Crippen molar-refractivity contribution in [3.05, 3.63) is 12.4 Å². The zero-order valence-corrected chi connectivity index (χ0v) is 8.93. The molecule has 1 aromatic heterocycles. The monoisotopic (exact) mass is 218 g/mol. The Kier molecular flexibility index (Phi) is 2.93. The lowest BCUT2D eigenvalue weighted by Gasteiger charge is -2.23. The molecule has 7 heteroatoms. The van der Waals surface area contributed by atoms with Gasteiger partial charge in [-0.25, -0.2) is 13.1 Å². The first kappa shape index (κ1) is 11.2. The minimum absolute atomic E-state index is 0.110. The molecule has 14 heavy (non-hydrogen) atoms. The van der Waals surface area contributed by atoms with Crippen molar-refractivity contribution in [3.8, 4) is 0 Å². The molecule has 0 spiro atoms. The molecule has 0 fully saturated rings. The van der Waals surface area contributed by atoms with E-state index in [1.165, 1.54) is 12.4 Å². The maximum Gasteiger partial charge on any atom is 0.244 e. The van der Waals surface area contributed by atoms with E-state index in [4.69, 9.17) is 5.73 Å². The molecular formula is C7H14N4O2S. The fraction of sp³-hybridized carbons (Fsp3) is 0.571. The molecular weight excluding hydrogens is 204 g/mol. The minimum atomic E-state index is -3.51. The van der Waals surface area contributed by atoms with Gasteiger partial charge in [0.2, 0.25) is 10.0 Å². The van der Waals surface area contributed by atoms with Gasteiger partial charge in [-0.15, -0.1) is 0 Å². The first-order chi connectivity index (χ1) is 6.37. The average molecular weight is 218 g/mol. The lowest BCUT2D eigenvalue weighted by molar-refractivity contribution is 0.462. The van der Waals surface area contributed by atoms with E-state index in [0.29, 0.717) is 0 Å². The molecule has 0 amide bonds. The molecule has 1 heterocycles. The summed E-state index contributed by atoms with van der Waals surface area (Å²) in [4.78, 5) is 0.110. The van der Waals surface area contributed by atoms with Gasteiger partial charge in [-0.05, 0) is 13.8 Å². The van der Waals surface area contributed by atoms with E-state index in [-0.39, 0.29) is 11.4 Å². The molecule has 0 atom stereocenters. The maximum absolute atomic E-state index is 11.6. The number of aromatic nitrogens is 2. The molecule has 0 bridgehead atoms. The molecule has 0 aliphatic heterocycles. The number of H-pyrrole nitrogens is 1. The molecule has 1 aromatic rings. The van der Waals surface area contributed by atoms with Gasteiger partial charge in [-0.3, -0.25) is 5.10 Å². The molecule has 0 aliphatic carbocycles. The van der Waals surface area contributed by atoms with Crippen LogP contribution in [0.15, 0.2) is 17.3 Å². The molecule has 80 valence electrons. The third-order valence-electron chi connectivity index (χ3n) is 1.70. The van der Waals surface area contributed by atoms with Gasteiger partial charge in [0, 0.05) is 18.3 Å². The standard InChI is InChI=1S/C7H14N4O2S/c1-7(2,5-8)11-14(12,13)6-3-9-10-4-6/h3-4,11H,5,8H2,1-2H3,(H,9,10). The Morgan fingerprint density at radius 3 is 2.71 bits per heavy atom. The molecule has 0 aliphatic rings. The van der Waals surface area contributed by atoms with Gasteiger partial charge in [0.05, 0.1) is 6.20 Å². The van der Waals surface area contributed by atoms with Crippen molar-refractivity contribution >= 4 is 10.0 Å². The van der Waals surface area contributed by atoms with Crippen LogP contribution in [0.3, 0.4) is 0 Å². The van der Waals surface area contributed by atoms with Crippen LogP contribution in [0.2, 0.25) is 0 Å². The summed E-state index contributed by atoms with van der Waals surface area (Å²) in [5.74, 6) is 0. The number of rotatable bonds is 4. The topological polar surface area (TPSA) is 101 Å². The van der Waals surface area contributed by atoms with Gasteiger partial charge >= 0.3 is 0 Å². The Labute approximate surface area is 82.9 Å². The van der Waals surface area contributed by atoms with Gasteiger partial charge < -0.3 is 5.73 Å². The van der Waals surface area contributed by atoms with Crippen LogP contribution in [0.25, 0.3) is 0 Å². The largest absolute Gasteiger partial charge is 0.329 e. The molecule has 0 radical (unpaired) electrons. The average Bonchev–Trinajstić information content (AvgIpc) is 2.54. The van der Waals surface area contributed by atoms with Gasteiger partial charge in [-0.1, -0.05) is 0 Å². The minimum Gasteiger partial charge on any atom is -0.329 e. The fourth-order valence-corrected chi connectivity index (χ4v) is 2.18. The van der Waals surface area contributed by atoms with Crippen LogP contribution in [0, 0.1) is 0 Å². The number of nitrogens with one attached hydrogen (secondary N) is 2. The second kappa shape index (κ2) is 3.68. The normalized spacial score (nSPS) is 13.1. The molecule has 0 saturated heterocycles. The lowest BCUT2D eigenvalue weighted by Crippen LogP contribution is -2.48. The van der Waals surface area contributed by atoms with Crippen LogP contribution < -0.4 is 10.5 Å². The number of sulfonamides is 1. The summed E-state index contributed by atoms with van der Waals surface area (Å²) in [6, 6.07) is 0. The molecule has 0 aromatic carbocycles. The summed E-state index contributed by atoms with van der Waals surface area (Å²) in [5.41, 5.74) is 4.76. The fourth-order valence-electron chi connectivity index (χ4n) is 0.850. The molecule has 0 unspecified atom stereocenters. The van der Waals surface area contributed by atoms with Crippen molar-refractivity contribution in [1.82, 2.24) is 14.9 Å². The van der Waals surface area contributed by atoms with Crippen LogP contribution in [-0.2, 0) is 10.0 Å². The number of nitrogens with two attached hydrogens (primary N) is 1. The van der Waals surface area contributed by atoms with E-state index in [0.717, 1.165) is 0 Å². The van der Waals surface area contributed by atoms with Crippen molar-refractivity contribution in [1.29, 1.82) is 0 Å². The summed E-state index contributed by atoms with van der Waals surface area (Å²) in [6.45, 7) is 3.65. The summed E-state index contributed by atoms with van der Waals surface area (Å²) in [6.07, 6.45) is 2.56. The highest BCUT2D eigenvalue weighted by Gasteiger charge is 2.25.